The number of hydrogen-bond donors (Lipinski definition) is 2. The lowest BCUT2D eigenvalue weighted by Gasteiger charge is -2.30. The Morgan fingerprint density at radius 3 is 2.59 bits per heavy atom. The summed E-state index contributed by atoms with van der Waals surface area (Å²) in [5.74, 6) is 4.84. The lowest BCUT2D eigenvalue weighted by atomic mass is 9.83. The van der Waals surface area contributed by atoms with Crippen LogP contribution in [0.3, 0.4) is 0 Å². The van der Waals surface area contributed by atoms with Gasteiger partial charge in [0.05, 0.1) is 0 Å². The van der Waals surface area contributed by atoms with Crippen molar-refractivity contribution in [2.45, 2.75) is 71.4 Å². The summed E-state index contributed by atoms with van der Waals surface area (Å²) >= 11 is 1.89. The van der Waals surface area contributed by atoms with Crippen LogP contribution in [-0.4, -0.2) is 45.3 Å². The molecular formula is C19H37IN6S. The van der Waals surface area contributed by atoms with Crippen LogP contribution in [0, 0.1) is 12.8 Å². The van der Waals surface area contributed by atoms with Crippen LogP contribution in [-0.2, 0) is 13.6 Å². The maximum absolute atomic E-state index is 4.78. The molecule has 6 nitrogen and oxygen atoms in total. The van der Waals surface area contributed by atoms with Crippen molar-refractivity contribution in [1.82, 2.24) is 25.4 Å². The van der Waals surface area contributed by atoms with Crippen LogP contribution in [0.4, 0.5) is 0 Å². The fourth-order valence-corrected chi connectivity index (χ4v) is 3.94. The Kier molecular flexibility index (Phi) is 12.4. The fraction of sp³-hybridized carbons (Fsp3) is 0.842. The van der Waals surface area contributed by atoms with Gasteiger partial charge in [0.15, 0.2) is 11.8 Å². The SMILES string of the molecule is CCCC1CCC(NC(=NCc2nnc(C)n2C)NCCCSC)CC1.I. The third-order valence-corrected chi connectivity index (χ3v) is 5.96. The van der Waals surface area contributed by atoms with Gasteiger partial charge in [-0.2, -0.15) is 11.8 Å². The normalized spacial score (nSPS) is 20.2. The molecular weight excluding hydrogens is 471 g/mol. The second kappa shape index (κ2) is 13.6. The number of nitrogens with zero attached hydrogens (tertiary/aromatic N) is 4. The molecule has 8 heteroatoms. The summed E-state index contributed by atoms with van der Waals surface area (Å²) in [6.07, 6.45) is 11.2. The van der Waals surface area contributed by atoms with Crippen molar-refractivity contribution < 1.29 is 0 Å². The molecule has 1 heterocycles. The molecule has 1 aromatic rings. The number of thioether (sulfide) groups is 1. The quantitative estimate of drug-likeness (QED) is 0.229. The Morgan fingerprint density at radius 2 is 2.00 bits per heavy atom. The monoisotopic (exact) mass is 508 g/mol. The van der Waals surface area contributed by atoms with Crippen LogP contribution in [0.5, 0.6) is 0 Å². The van der Waals surface area contributed by atoms with Gasteiger partial charge >= 0.3 is 0 Å². The highest BCUT2D eigenvalue weighted by Gasteiger charge is 2.21. The molecule has 156 valence electrons. The number of hydrogen-bond acceptors (Lipinski definition) is 4. The molecule has 0 aliphatic heterocycles. The van der Waals surface area contributed by atoms with Gasteiger partial charge in [-0.05, 0) is 57.0 Å². The molecule has 27 heavy (non-hydrogen) atoms. The highest BCUT2D eigenvalue weighted by Crippen LogP contribution is 2.27. The third-order valence-electron chi connectivity index (χ3n) is 5.26. The van der Waals surface area contributed by atoms with E-state index < -0.39 is 0 Å². The van der Waals surface area contributed by atoms with Gasteiger partial charge in [-0.1, -0.05) is 19.8 Å². The average Bonchev–Trinajstić information content (AvgIpc) is 2.97. The molecule has 1 aliphatic carbocycles. The molecule has 0 atom stereocenters. The van der Waals surface area contributed by atoms with E-state index in [0.29, 0.717) is 12.6 Å². The van der Waals surface area contributed by atoms with Crippen LogP contribution in [0.2, 0.25) is 0 Å². The van der Waals surface area contributed by atoms with Crippen molar-refractivity contribution in [1.29, 1.82) is 0 Å². The van der Waals surface area contributed by atoms with Gasteiger partial charge in [0.25, 0.3) is 0 Å². The molecule has 0 spiro atoms. The van der Waals surface area contributed by atoms with Crippen molar-refractivity contribution in [3.63, 3.8) is 0 Å². The maximum Gasteiger partial charge on any atom is 0.191 e. The summed E-state index contributed by atoms with van der Waals surface area (Å²) in [7, 11) is 1.99. The maximum atomic E-state index is 4.78. The van der Waals surface area contributed by atoms with E-state index in [0.717, 1.165) is 36.5 Å². The molecule has 1 aromatic heterocycles. The van der Waals surface area contributed by atoms with Crippen molar-refractivity contribution in [2.24, 2.45) is 18.0 Å². The van der Waals surface area contributed by atoms with E-state index >= 15 is 0 Å². The van der Waals surface area contributed by atoms with Crippen LogP contribution >= 0.6 is 35.7 Å². The van der Waals surface area contributed by atoms with E-state index in [-0.39, 0.29) is 24.0 Å². The van der Waals surface area contributed by atoms with Crippen molar-refractivity contribution in [3.05, 3.63) is 11.6 Å². The minimum Gasteiger partial charge on any atom is -0.356 e. The van der Waals surface area contributed by atoms with Crippen LogP contribution in [0.1, 0.15) is 63.5 Å². The van der Waals surface area contributed by atoms with E-state index in [1.807, 2.05) is 30.3 Å². The Labute approximate surface area is 186 Å². The summed E-state index contributed by atoms with van der Waals surface area (Å²) in [4.78, 5) is 4.78. The van der Waals surface area contributed by atoms with E-state index in [1.165, 1.54) is 44.3 Å². The average molecular weight is 509 g/mol. The first-order chi connectivity index (χ1) is 12.6. The van der Waals surface area contributed by atoms with Crippen molar-refractivity contribution in [2.75, 3.05) is 18.6 Å². The van der Waals surface area contributed by atoms with Crippen molar-refractivity contribution >= 4 is 41.7 Å². The minimum atomic E-state index is 0. The molecule has 2 N–H and O–H groups in total. The number of aromatic nitrogens is 3. The molecule has 0 radical (unpaired) electrons. The smallest absolute Gasteiger partial charge is 0.191 e. The molecule has 1 fully saturated rings. The Balaban J connectivity index is 0.00000364. The van der Waals surface area contributed by atoms with E-state index in [9.17, 15) is 0 Å². The third kappa shape index (κ3) is 8.58. The van der Waals surface area contributed by atoms with Gasteiger partial charge in [0.1, 0.15) is 12.4 Å². The molecule has 0 saturated heterocycles. The van der Waals surface area contributed by atoms with Gasteiger partial charge in [0, 0.05) is 19.6 Å². The van der Waals surface area contributed by atoms with E-state index in [2.05, 4.69) is 34.0 Å². The highest BCUT2D eigenvalue weighted by molar-refractivity contribution is 14.0. The zero-order valence-electron chi connectivity index (χ0n) is 17.3. The molecule has 0 aromatic carbocycles. The lowest BCUT2D eigenvalue weighted by Crippen LogP contribution is -2.45. The second-order valence-corrected chi connectivity index (χ2v) is 8.30. The van der Waals surface area contributed by atoms with Crippen LogP contribution in [0.25, 0.3) is 0 Å². The number of rotatable bonds is 9. The largest absolute Gasteiger partial charge is 0.356 e. The van der Waals surface area contributed by atoms with Gasteiger partial charge in [-0.25, -0.2) is 4.99 Å². The summed E-state index contributed by atoms with van der Waals surface area (Å²) in [6, 6.07) is 0.538. The summed E-state index contributed by atoms with van der Waals surface area (Å²) in [6.45, 7) is 5.77. The number of aliphatic imine (C=N–C) groups is 1. The Bertz CT molecular complexity index is 554. The van der Waals surface area contributed by atoms with Crippen LogP contribution < -0.4 is 10.6 Å². The molecule has 0 amide bonds. The zero-order chi connectivity index (χ0) is 18.8. The summed E-state index contributed by atoms with van der Waals surface area (Å²) in [5, 5.41) is 15.5. The van der Waals surface area contributed by atoms with Gasteiger partial charge in [0.2, 0.25) is 0 Å². The minimum absolute atomic E-state index is 0. The van der Waals surface area contributed by atoms with Crippen molar-refractivity contribution in [3.8, 4) is 0 Å². The van der Waals surface area contributed by atoms with E-state index in [1.54, 1.807) is 0 Å². The second-order valence-electron chi connectivity index (χ2n) is 7.31. The fourth-order valence-electron chi connectivity index (χ4n) is 3.51. The highest BCUT2D eigenvalue weighted by atomic mass is 127. The first kappa shape index (κ1) is 24.5. The zero-order valence-corrected chi connectivity index (χ0v) is 20.5. The van der Waals surface area contributed by atoms with Gasteiger partial charge in [-0.15, -0.1) is 34.2 Å². The van der Waals surface area contributed by atoms with Gasteiger partial charge in [-0.3, -0.25) is 0 Å². The predicted molar refractivity (Wildman–Crippen MR) is 127 cm³/mol. The molecule has 0 unspecified atom stereocenters. The van der Waals surface area contributed by atoms with Gasteiger partial charge < -0.3 is 15.2 Å². The lowest BCUT2D eigenvalue weighted by molar-refractivity contribution is 0.295. The number of halogens is 1. The number of aryl methyl sites for hydroxylation is 1. The summed E-state index contributed by atoms with van der Waals surface area (Å²) in [5.41, 5.74) is 0. The standard InChI is InChI=1S/C19H36N6S.HI/c1-5-7-16-8-10-17(11-9-16)22-19(20-12-6-13-26-4)21-14-18-24-23-15(2)25(18)3;/h16-17H,5-14H2,1-4H3,(H2,20,21,22);1H. The molecule has 0 bridgehead atoms. The molecule has 1 aliphatic rings. The number of guanidine groups is 1. The number of nitrogens with one attached hydrogen (secondary N) is 2. The Morgan fingerprint density at radius 1 is 1.26 bits per heavy atom. The first-order valence-corrected chi connectivity index (χ1v) is 11.4. The topological polar surface area (TPSA) is 67.1 Å². The predicted octanol–water partition coefficient (Wildman–Crippen LogP) is 3.89. The Hall–Kier alpha value is -0.510. The van der Waals surface area contributed by atoms with Crippen LogP contribution in [0.15, 0.2) is 4.99 Å². The first-order valence-electron chi connectivity index (χ1n) is 10.0. The molecule has 1 saturated carbocycles. The summed E-state index contributed by atoms with van der Waals surface area (Å²) < 4.78 is 2.00. The van der Waals surface area contributed by atoms with E-state index in [4.69, 9.17) is 4.99 Å². The molecule has 2 rings (SSSR count).